The van der Waals surface area contributed by atoms with Crippen molar-refractivity contribution in [1.29, 1.82) is 0 Å². The average Bonchev–Trinajstić information content (AvgIpc) is 2.84. The van der Waals surface area contributed by atoms with E-state index in [1.165, 1.54) is 4.90 Å². The second kappa shape index (κ2) is 7.09. The minimum Gasteiger partial charge on any atom is -0.314 e. The second-order valence-electron chi connectivity index (χ2n) is 8.91. The molecule has 4 aromatic carbocycles. The molecule has 170 valence electrons. The Balaban J connectivity index is 1.83. The number of amides is 1. The predicted molar refractivity (Wildman–Crippen MR) is 134 cm³/mol. The first kappa shape index (κ1) is 21.2. The molecular weight excluding hydrogens is 457 g/mol. The van der Waals surface area contributed by atoms with Gasteiger partial charge in [0.15, 0.2) is 0 Å². The molecule has 0 N–H and O–H groups in total. The third-order valence-electron chi connectivity index (χ3n) is 6.86. The summed E-state index contributed by atoms with van der Waals surface area (Å²) in [5.74, 6) is -0.825. The number of likely N-dealkylation sites (N-methyl/N-ethyl adjacent to an activating group) is 1. The summed E-state index contributed by atoms with van der Waals surface area (Å²) in [6.07, 6.45) is 0. The number of aromatic nitrogens is 1. The van der Waals surface area contributed by atoms with Crippen LogP contribution in [0.15, 0.2) is 66.7 Å². The maximum Gasteiger partial charge on any atom is 0.441 e. The number of thioether (sulfide) groups is 1. The minimum absolute atomic E-state index is 0.172. The van der Waals surface area contributed by atoms with Crippen LogP contribution in [0.1, 0.15) is 12.6 Å². The van der Waals surface area contributed by atoms with Crippen molar-refractivity contribution in [3.8, 4) is 0 Å². The van der Waals surface area contributed by atoms with Gasteiger partial charge in [0.05, 0.1) is 22.3 Å². The highest BCUT2D eigenvalue weighted by molar-refractivity contribution is 8.00. The van der Waals surface area contributed by atoms with E-state index in [1.807, 2.05) is 54.6 Å². The first-order chi connectivity index (χ1) is 16.2. The molecule has 1 atom stereocenters. The number of pyridine rings is 1. The molecule has 0 bridgehead atoms. The molecule has 3 nitrogen and oxygen atoms in total. The lowest BCUT2D eigenvalue weighted by molar-refractivity contribution is -0.122. The van der Waals surface area contributed by atoms with Gasteiger partial charge in [-0.05, 0) is 46.3 Å². The van der Waals surface area contributed by atoms with Gasteiger partial charge in [0, 0.05) is 29.0 Å². The molecule has 5 aromatic rings. The van der Waals surface area contributed by atoms with Crippen molar-refractivity contribution >= 4 is 66.6 Å². The van der Waals surface area contributed by atoms with Gasteiger partial charge in [-0.25, -0.2) is 0 Å². The first-order valence-electron chi connectivity index (χ1n) is 10.9. The second-order valence-corrected chi connectivity index (χ2v) is 9.95. The standard InChI is InChI=1S/C27H19F3N2OS/c1-26(14-34-27(28,29)30)24-22-19(12-7-13-20(22)32(2)25(26)33)21-17-10-5-3-8-15(17)16-9-4-6-11-18(16)23(21)31-24/h3-13H,14H2,1-2H3. The van der Waals surface area contributed by atoms with Crippen molar-refractivity contribution in [3.63, 3.8) is 0 Å². The lowest BCUT2D eigenvalue weighted by Crippen LogP contribution is -2.49. The van der Waals surface area contributed by atoms with Crippen molar-refractivity contribution in [2.24, 2.45) is 0 Å². The molecule has 0 saturated heterocycles. The Hall–Kier alpha value is -3.32. The van der Waals surface area contributed by atoms with E-state index in [9.17, 15) is 18.0 Å². The van der Waals surface area contributed by atoms with Crippen LogP contribution in [-0.2, 0) is 10.2 Å². The quantitative estimate of drug-likeness (QED) is 0.253. The SMILES string of the molecule is CN1C(=O)C(C)(CSC(F)(F)F)c2nc3c4ccccc4c4ccccc4c3c3cccc1c23. The maximum absolute atomic E-state index is 13.5. The molecule has 2 heterocycles. The summed E-state index contributed by atoms with van der Waals surface area (Å²) in [6.45, 7) is 1.58. The van der Waals surface area contributed by atoms with Crippen molar-refractivity contribution in [3.05, 3.63) is 72.4 Å². The molecule has 1 amide bonds. The van der Waals surface area contributed by atoms with Crippen LogP contribution in [0.3, 0.4) is 0 Å². The van der Waals surface area contributed by atoms with Crippen molar-refractivity contribution in [1.82, 2.24) is 4.98 Å². The number of hydrogen-bond acceptors (Lipinski definition) is 3. The lowest BCUT2D eigenvalue weighted by Gasteiger charge is -2.38. The highest BCUT2D eigenvalue weighted by Crippen LogP contribution is 2.48. The molecule has 1 aliphatic heterocycles. The number of carbonyl (C=O) groups excluding carboxylic acids is 1. The fourth-order valence-corrected chi connectivity index (χ4v) is 6.00. The summed E-state index contributed by atoms with van der Waals surface area (Å²) in [5.41, 5.74) is -4.10. The van der Waals surface area contributed by atoms with Gasteiger partial charge in [0.25, 0.3) is 0 Å². The number of benzene rings is 4. The fourth-order valence-electron chi connectivity index (χ4n) is 5.29. The van der Waals surface area contributed by atoms with Gasteiger partial charge in [-0.1, -0.05) is 60.7 Å². The number of halogens is 3. The number of alkyl halides is 3. The third-order valence-corrected chi connectivity index (χ3v) is 7.91. The monoisotopic (exact) mass is 476 g/mol. The van der Waals surface area contributed by atoms with E-state index >= 15 is 0 Å². The van der Waals surface area contributed by atoms with Crippen LogP contribution < -0.4 is 4.90 Å². The van der Waals surface area contributed by atoms with Crippen LogP contribution in [0.4, 0.5) is 18.9 Å². The van der Waals surface area contributed by atoms with E-state index in [4.69, 9.17) is 4.98 Å². The number of nitrogens with zero attached hydrogens (tertiary/aromatic N) is 2. The van der Waals surface area contributed by atoms with Crippen LogP contribution in [0.5, 0.6) is 0 Å². The normalized spacial score (nSPS) is 18.5. The highest BCUT2D eigenvalue weighted by Gasteiger charge is 2.47. The van der Waals surface area contributed by atoms with E-state index in [1.54, 1.807) is 14.0 Å². The lowest BCUT2D eigenvalue weighted by atomic mass is 9.79. The average molecular weight is 477 g/mol. The molecule has 6 rings (SSSR count). The van der Waals surface area contributed by atoms with Gasteiger partial charge < -0.3 is 4.90 Å². The zero-order valence-corrected chi connectivity index (χ0v) is 19.2. The molecule has 1 unspecified atom stereocenters. The molecule has 1 aromatic heterocycles. The van der Waals surface area contributed by atoms with Gasteiger partial charge in [0.2, 0.25) is 5.91 Å². The number of rotatable bonds is 2. The summed E-state index contributed by atoms with van der Waals surface area (Å²) < 4.78 is 39.7. The smallest absolute Gasteiger partial charge is 0.314 e. The number of fused-ring (bicyclic) bond motifs is 7. The van der Waals surface area contributed by atoms with E-state index < -0.39 is 16.7 Å². The highest BCUT2D eigenvalue weighted by atomic mass is 32.2. The van der Waals surface area contributed by atoms with Gasteiger partial charge >= 0.3 is 5.51 Å². The van der Waals surface area contributed by atoms with Crippen molar-refractivity contribution in [2.75, 3.05) is 17.7 Å². The van der Waals surface area contributed by atoms with E-state index in [0.29, 0.717) is 16.9 Å². The van der Waals surface area contributed by atoms with Crippen LogP contribution in [0.2, 0.25) is 0 Å². The molecule has 0 spiro atoms. The maximum atomic E-state index is 13.5. The Morgan fingerprint density at radius 1 is 0.853 bits per heavy atom. The molecule has 0 aliphatic carbocycles. The Labute approximate surface area is 197 Å². The molecule has 7 heteroatoms. The molecule has 0 saturated carbocycles. The molecule has 1 aliphatic rings. The van der Waals surface area contributed by atoms with Crippen LogP contribution in [0.25, 0.3) is 43.2 Å². The van der Waals surface area contributed by atoms with Crippen LogP contribution in [0, 0.1) is 0 Å². The van der Waals surface area contributed by atoms with Crippen LogP contribution in [-0.4, -0.2) is 29.2 Å². The van der Waals surface area contributed by atoms with Crippen molar-refractivity contribution in [2.45, 2.75) is 17.8 Å². The molecule has 0 fully saturated rings. The van der Waals surface area contributed by atoms with Crippen molar-refractivity contribution < 1.29 is 18.0 Å². The third kappa shape index (κ3) is 2.86. The van der Waals surface area contributed by atoms with Gasteiger partial charge in [-0.2, -0.15) is 13.2 Å². The summed E-state index contributed by atoms with van der Waals surface area (Å²) >= 11 is -0.172. The van der Waals surface area contributed by atoms with E-state index in [0.717, 1.165) is 37.7 Å². The summed E-state index contributed by atoms with van der Waals surface area (Å²) in [5, 5.41) is 6.62. The van der Waals surface area contributed by atoms with Gasteiger partial charge in [0.1, 0.15) is 0 Å². The van der Waals surface area contributed by atoms with Gasteiger partial charge in [-0.3, -0.25) is 9.78 Å². The number of carbonyl (C=O) groups is 1. The predicted octanol–water partition coefficient (Wildman–Crippen LogP) is 7.18. The largest absolute Gasteiger partial charge is 0.441 e. The van der Waals surface area contributed by atoms with Crippen LogP contribution >= 0.6 is 11.8 Å². The first-order valence-corrected chi connectivity index (χ1v) is 11.8. The van der Waals surface area contributed by atoms with E-state index in [-0.39, 0.29) is 17.7 Å². The number of anilines is 1. The molecular formula is C27H19F3N2OS. The summed E-state index contributed by atoms with van der Waals surface area (Å²) in [7, 11) is 1.62. The Kier molecular flexibility index (Phi) is 4.43. The topological polar surface area (TPSA) is 33.2 Å². The summed E-state index contributed by atoms with van der Waals surface area (Å²) in [6, 6.07) is 21.7. The summed E-state index contributed by atoms with van der Waals surface area (Å²) in [4.78, 5) is 20.0. The Morgan fingerprint density at radius 2 is 1.44 bits per heavy atom. The molecule has 34 heavy (non-hydrogen) atoms. The Bertz CT molecular complexity index is 1660. The zero-order valence-electron chi connectivity index (χ0n) is 18.4. The zero-order chi connectivity index (χ0) is 23.8. The molecule has 0 radical (unpaired) electrons. The number of hydrogen-bond donors (Lipinski definition) is 0. The fraction of sp³-hybridized carbons (Fsp3) is 0.185. The Morgan fingerprint density at radius 3 is 2.12 bits per heavy atom. The van der Waals surface area contributed by atoms with Gasteiger partial charge in [-0.15, -0.1) is 0 Å². The minimum atomic E-state index is -4.45. The van der Waals surface area contributed by atoms with E-state index in [2.05, 4.69) is 12.1 Å².